The number of nitrogens with zero attached hydrogens (tertiary/aromatic N) is 4. The molecule has 0 bridgehead atoms. The number of benzene rings is 1. The second kappa shape index (κ2) is 23.4. The molecule has 10 nitrogen and oxygen atoms in total. The topological polar surface area (TPSA) is 115 Å². The molecule has 344 valence electrons. The van der Waals surface area contributed by atoms with Gasteiger partial charge in [-0.3, -0.25) is 0 Å². The Bertz CT molecular complexity index is 1630. The van der Waals surface area contributed by atoms with Gasteiger partial charge in [-0.15, -0.1) is 0 Å². The normalized spacial score (nSPS) is 22.7. The Morgan fingerprint density at radius 1 is 0.733 bits per heavy atom. The van der Waals surface area contributed by atoms with E-state index in [0.717, 1.165) is 70.6 Å². The Balaban J connectivity index is 1.28. The van der Waals surface area contributed by atoms with Gasteiger partial charge in [0.05, 0.1) is 48.1 Å². The van der Waals surface area contributed by atoms with Crippen molar-refractivity contribution in [2.24, 2.45) is 0 Å². The maximum absolute atomic E-state index is 13.1. The number of unbranched alkanes of at least 4 members (excludes halogenated alkanes) is 12. The Labute approximate surface area is 368 Å². The lowest BCUT2D eigenvalue weighted by Crippen LogP contribution is -2.52. The second-order valence-corrected chi connectivity index (χ2v) is 32.6. The third-order valence-electron chi connectivity index (χ3n) is 14.1. The maximum atomic E-state index is 13.1. The maximum Gasteiger partial charge on any atom is 0.272 e. The summed E-state index contributed by atoms with van der Waals surface area (Å²) in [5.41, 5.74) is 0.636. The SMILES string of the molecule is CCCCCCCCCC[C@@H]1O[C@H]([C@@H]2CC[C@H]([C@@H](CCCCCCCCS(=O)(=O)c3nnnn3-c3ccccc3)O[Si](C)(C)C(C)(C)C)O2)CC[C@H]1O[Si](C)(C)C(C)(C)C. The van der Waals surface area contributed by atoms with Crippen LogP contribution in [0.4, 0.5) is 0 Å². The number of ether oxygens (including phenoxy) is 2. The van der Waals surface area contributed by atoms with E-state index in [0.29, 0.717) is 12.1 Å². The minimum atomic E-state index is -3.60. The van der Waals surface area contributed by atoms with Gasteiger partial charge in [0.2, 0.25) is 9.84 Å². The Morgan fingerprint density at radius 3 is 1.93 bits per heavy atom. The molecule has 0 amide bonds. The molecule has 2 fully saturated rings. The van der Waals surface area contributed by atoms with Crippen LogP contribution in [0.3, 0.4) is 0 Å². The third kappa shape index (κ3) is 15.4. The molecule has 2 saturated heterocycles. The van der Waals surface area contributed by atoms with Gasteiger partial charge in [0.1, 0.15) is 0 Å². The minimum Gasteiger partial charge on any atom is -0.411 e. The van der Waals surface area contributed by atoms with Crippen LogP contribution in [0.2, 0.25) is 36.3 Å². The largest absolute Gasteiger partial charge is 0.411 e. The molecule has 0 radical (unpaired) electrons. The van der Waals surface area contributed by atoms with E-state index < -0.39 is 26.5 Å². The van der Waals surface area contributed by atoms with Crippen molar-refractivity contribution in [2.75, 3.05) is 5.75 Å². The molecule has 4 rings (SSSR count). The zero-order chi connectivity index (χ0) is 44.0. The Morgan fingerprint density at radius 2 is 1.30 bits per heavy atom. The van der Waals surface area contributed by atoms with Crippen molar-refractivity contribution < 1.29 is 26.7 Å². The summed E-state index contributed by atoms with van der Waals surface area (Å²) in [6.45, 7) is 25.8. The zero-order valence-electron chi connectivity index (χ0n) is 39.8. The molecule has 0 aliphatic carbocycles. The first kappa shape index (κ1) is 51.2. The van der Waals surface area contributed by atoms with Crippen LogP contribution in [-0.4, -0.2) is 87.6 Å². The van der Waals surface area contributed by atoms with Crippen molar-refractivity contribution in [2.45, 2.75) is 255 Å². The first-order valence-corrected chi connectivity index (χ1v) is 31.5. The molecule has 6 atom stereocenters. The van der Waals surface area contributed by atoms with Crippen molar-refractivity contribution in [1.29, 1.82) is 0 Å². The fraction of sp³-hybridized carbons (Fsp3) is 0.851. The number of hydrogen-bond acceptors (Lipinski definition) is 9. The molecular weight excluding hydrogens is 805 g/mol. The summed E-state index contributed by atoms with van der Waals surface area (Å²) in [6, 6.07) is 9.16. The molecule has 0 unspecified atom stereocenters. The molecule has 2 aromatic rings. The van der Waals surface area contributed by atoms with Crippen molar-refractivity contribution in [1.82, 2.24) is 20.2 Å². The Hall–Kier alpha value is -1.49. The van der Waals surface area contributed by atoms with E-state index in [9.17, 15) is 8.42 Å². The fourth-order valence-electron chi connectivity index (χ4n) is 8.24. The van der Waals surface area contributed by atoms with Crippen molar-refractivity contribution in [3.05, 3.63) is 30.3 Å². The molecule has 1 aromatic heterocycles. The van der Waals surface area contributed by atoms with Gasteiger partial charge < -0.3 is 18.3 Å². The van der Waals surface area contributed by atoms with Crippen molar-refractivity contribution >= 4 is 26.5 Å². The molecule has 2 aliphatic heterocycles. The number of aromatic nitrogens is 4. The average molecular weight is 891 g/mol. The highest BCUT2D eigenvalue weighted by Gasteiger charge is 2.47. The fourth-order valence-corrected chi connectivity index (χ4v) is 12.3. The highest BCUT2D eigenvalue weighted by Crippen LogP contribution is 2.43. The zero-order valence-corrected chi connectivity index (χ0v) is 42.7. The predicted molar refractivity (Wildman–Crippen MR) is 251 cm³/mol. The molecule has 2 aliphatic rings. The molecule has 0 saturated carbocycles. The number of rotatable bonds is 26. The molecule has 3 heterocycles. The second-order valence-electron chi connectivity index (χ2n) is 21.1. The van der Waals surface area contributed by atoms with E-state index >= 15 is 0 Å². The molecule has 1 aromatic carbocycles. The average Bonchev–Trinajstić information content (AvgIpc) is 3.88. The summed E-state index contributed by atoms with van der Waals surface area (Å²) in [6.07, 6.45) is 23.0. The number of para-hydroxylation sites is 1. The highest BCUT2D eigenvalue weighted by atomic mass is 32.2. The van der Waals surface area contributed by atoms with Gasteiger partial charge in [0.15, 0.2) is 16.6 Å². The van der Waals surface area contributed by atoms with Gasteiger partial charge >= 0.3 is 0 Å². The van der Waals surface area contributed by atoms with Crippen molar-refractivity contribution in [3.8, 4) is 5.69 Å². The van der Waals surface area contributed by atoms with Gasteiger partial charge in [-0.1, -0.05) is 155 Å². The van der Waals surface area contributed by atoms with Crippen LogP contribution in [0, 0.1) is 0 Å². The van der Waals surface area contributed by atoms with Crippen LogP contribution in [0.25, 0.3) is 5.69 Å². The summed E-state index contributed by atoms with van der Waals surface area (Å²) >= 11 is 0. The van der Waals surface area contributed by atoms with Crippen LogP contribution in [0.5, 0.6) is 0 Å². The number of sulfone groups is 1. The number of hydrogen-bond donors (Lipinski definition) is 0. The first-order valence-electron chi connectivity index (χ1n) is 24.0. The van der Waals surface area contributed by atoms with Gasteiger partial charge in [-0.25, -0.2) is 8.42 Å². The Kier molecular flexibility index (Phi) is 20.0. The van der Waals surface area contributed by atoms with E-state index in [1.165, 1.54) is 56.0 Å². The molecule has 60 heavy (non-hydrogen) atoms. The molecule has 13 heteroatoms. The van der Waals surface area contributed by atoms with E-state index in [1.54, 1.807) is 12.1 Å². The highest BCUT2D eigenvalue weighted by molar-refractivity contribution is 7.91. The van der Waals surface area contributed by atoms with Crippen LogP contribution >= 0.6 is 0 Å². The molecule has 0 N–H and O–H groups in total. The lowest BCUT2D eigenvalue weighted by Gasteiger charge is -2.45. The van der Waals surface area contributed by atoms with Gasteiger partial charge in [0.25, 0.3) is 5.16 Å². The standard InChI is InChI=1S/C47H86N4O6SSi2/c1-12-13-14-15-16-17-20-26-31-39-44(57-60(10,11)47(5,6)7)36-35-41(54-39)40-33-34-42(55-40)43(56-59(8,9)46(2,3)4)32-27-21-18-19-22-28-37-58(52,53)45-48-49-50-51(45)38-29-24-23-25-30-38/h23-25,29-30,39-44H,12-22,26-28,31-37H2,1-11H3/t39-,40-,41-,42+,43+,44+/m0/s1. The van der Waals surface area contributed by atoms with Gasteiger partial charge in [0, 0.05) is 0 Å². The van der Waals surface area contributed by atoms with Crippen LogP contribution < -0.4 is 0 Å². The summed E-state index contributed by atoms with van der Waals surface area (Å²) in [5.74, 6) is 0.0395. The summed E-state index contributed by atoms with van der Waals surface area (Å²) < 4.78 is 56.0. The summed E-state index contributed by atoms with van der Waals surface area (Å²) in [4.78, 5) is 0. The molecular formula is C47H86N4O6SSi2. The van der Waals surface area contributed by atoms with Crippen LogP contribution in [0.15, 0.2) is 35.5 Å². The lowest BCUT2D eigenvalue weighted by atomic mass is 9.93. The monoisotopic (exact) mass is 891 g/mol. The third-order valence-corrected chi connectivity index (χ3v) is 24.8. The van der Waals surface area contributed by atoms with Crippen LogP contribution in [-0.2, 0) is 28.2 Å². The summed E-state index contributed by atoms with van der Waals surface area (Å²) in [5, 5.41) is 11.6. The quantitative estimate of drug-likeness (QED) is 0.0672. The summed E-state index contributed by atoms with van der Waals surface area (Å²) in [7, 11) is -7.57. The van der Waals surface area contributed by atoms with Gasteiger partial charge in [-0.05, 0) is 104 Å². The molecule has 0 spiro atoms. The van der Waals surface area contributed by atoms with Gasteiger partial charge in [-0.2, -0.15) is 4.68 Å². The minimum absolute atomic E-state index is 0.0395. The van der Waals surface area contributed by atoms with E-state index in [1.807, 2.05) is 18.2 Å². The van der Waals surface area contributed by atoms with E-state index in [-0.39, 0.29) is 57.6 Å². The first-order chi connectivity index (χ1) is 28.3. The van der Waals surface area contributed by atoms with E-state index in [4.69, 9.17) is 18.3 Å². The number of tetrazole rings is 1. The van der Waals surface area contributed by atoms with Crippen molar-refractivity contribution in [3.63, 3.8) is 0 Å². The lowest BCUT2D eigenvalue weighted by molar-refractivity contribution is -0.165. The van der Waals surface area contributed by atoms with E-state index in [2.05, 4.69) is 90.2 Å². The van der Waals surface area contributed by atoms with Crippen LogP contribution in [0.1, 0.15) is 177 Å². The predicted octanol–water partition coefficient (Wildman–Crippen LogP) is 12.6. The smallest absolute Gasteiger partial charge is 0.272 e.